The van der Waals surface area contributed by atoms with Gasteiger partial charge in [-0.3, -0.25) is 14.2 Å². The van der Waals surface area contributed by atoms with Crippen LogP contribution in [0.25, 0.3) is 15.9 Å². The third-order valence-electron chi connectivity index (χ3n) is 5.67. The summed E-state index contributed by atoms with van der Waals surface area (Å²) in [6.07, 6.45) is 1.08. The Labute approximate surface area is 177 Å². The molecule has 1 amide bonds. The largest absolute Gasteiger partial charge is 0.341 e. The Morgan fingerprint density at radius 1 is 1.17 bits per heavy atom. The summed E-state index contributed by atoms with van der Waals surface area (Å²) in [4.78, 5) is 41.2. The minimum absolute atomic E-state index is 0.133. The second-order valence-corrected chi connectivity index (χ2v) is 9.24. The molecular weight excluding hydrogens is 405 g/mol. The van der Waals surface area contributed by atoms with E-state index in [1.165, 1.54) is 34.1 Å². The summed E-state index contributed by atoms with van der Waals surface area (Å²) in [6, 6.07) is 5.81. The average molecular weight is 430 g/mol. The molecule has 1 aliphatic rings. The Morgan fingerprint density at radius 3 is 2.53 bits per heavy atom. The first-order valence-corrected chi connectivity index (χ1v) is 10.9. The van der Waals surface area contributed by atoms with Crippen molar-refractivity contribution in [3.05, 3.63) is 61.9 Å². The van der Waals surface area contributed by atoms with Crippen molar-refractivity contribution in [1.29, 1.82) is 0 Å². The van der Waals surface area contributed by atoms with Gasteiger partial charge in [-0.2, -0.15) is 0 Å². The SMILES string of the molecule is Cc1cc(-n2c(=O)c3sccc3n(CC(=O)N3C[C@H](C)C[C@@H](C)C3)c2=O)ccc1F. The van der Waals surface area contributed by atoms with Crippen LogP contribution in [0.1, 0.15) is 25.8 Å². The third-order valence-corrected chi connectivity index (χ3v) is 6.56. The minimum Gasteiger partial charge on any atom is -0.341 e. The maximum atomic E-state index is 13.7. The molecule has 8 heteroatoms. The van der Waals surface area contributed by atoms with Crippen molar-refractivity contribution in [2.24, 2.45) is 11.8 Å². The molecule has 158 valence electrons. The molecule has 3 heterocycles. The van der Waals surface area contributed by atoms with Crippen LogP contribution >= 0.6 is 11.3 Å². The van der Waals surface area contributed by atoms with Gasteiger partial charge in [-0.1, -0.05) is 13.8 Å². The number of halogens is 1. The maximum absolute atomic E-state index is 13.7. The quantitative estimate of drug-likeness (QED) is 0.643. The third kappa shape index (κ3) is 3.60. The second-order valence-electron chi connectivity index (χ2n) is 8.32. The number of nitrogens with zero attached hydrogens (tertiary/aromatic N) is 3. The van der Waals surface area contributed by atoms with E-state index in [4.69, 9.17) is 0 Å². The van der Waals surface area contributed by atoms with E-state index in [-0.39, 0.29) is 12.5 Å². The smallest absolute Gasteiger partial charge is 0.336 e. The maximum Gasteiger partial charge on any atom is 0.336 e. The highest BCUT2D eigenvalue weighted by Crippen LogP contribution is 2.22. The monoisotopic (exact) mass is 429 g/mol. The van der Waals surface area contributed by atoms with Gasteiger partial charge in [0.25, 0.3) is 5.56 Å². The number of aromatic nitrogens is 2. The number of piperidine rings is 1. The van der Waals surface area contributed by atoms with E-state index < -0.39 is 17.1 Å². The van der Waals surface area contributed by atoms with E-state index in [0.717, 1.165) is 11.0 Å². The Balaban J connectivity index is 1.81. The molecule has 0 bridgehead atoms. The van der Waals surface area contributed by atoms with Crippen molar-refractivity contribution in [1.82, 2.24) is 14.0 Å². The molecule has 1 fully saturated rings. The number of benzene rings is 1. The lowest BCUT2D eigenvalue weighted by molar-refractivity contribution is -0.134. The predicted octanol–water partition coefficient (Wildman–Crippen LogP) is 3.17. The van der Waals surface area contributed by atoms with Gasteiger partial charge in [0.1, 0.15) is 17.1 Å². The molecule has 1 aliphatic heterocycles. The van der Waals surface area contributed by atoms with Gasteiger partial charge in [0, 0.05) is 13.1 Å². The van der Waals surface area contributed by atoms with Crippen LogP contribution < -0.4 is 11.2 Å². The number of aryl methyl sites for hydroxylation is 1. The van der Waals surface area contributed by atoms with Crippen LogP contribution in [0.2, 0.25) is 0 Å². The summed E-state index contributed by atoms with van der Waals surface area (Å²) in [7, 11) is 0. The highest BCUT2D eigenvalue weighted by atomic mass is 32.1. The molecule has 1 saturated heterocycles. The van der Waals surface area contributed by atoms with Crippen molar-refractivity contribution in [2.75, 3.05) is 13.1 Å². The molecule has 3 aromatic rings. The molecule has 0 N–H and O–H groups in total. The number of hydrogen-bond acceptors (Lipinski definition) is 4. The first-order chi connectivity index (χ1) is 14.3. The summed E-state index contributed by atoms with van der Waals surface area (Å²) in [5, 5.41) is 1.73. The predicted molar refractivity (Wildman–Crippen MR) is 116 cm³/mol. The Morgan fingerprint density at radius 2 is 1.87 bits per heavy atom. The molecule has 0 unspecified atom stereocenters. The molecule has 30 heavy (non-hydrogen) atoms. The molecule has 2 aromatic heterocycles. The molecular formula is C22H24FN3O3S. The standard InChI is InChI=1S/C22H24FN3O3S/c1-13-8-14(2)11-24(10-13)19(27)12-25-18-6-7-30-20(18)21(28)26(22(25)29)16-4-5-17(23)15(3)9-16/h4-7,9,13-14H,8,10-12H2,1-3H3/t13-,14-/m1/s1. The number of thiophene rings is 1. The summed E-state index contributed by atoms with van der Waals surface area (Å²) in [5.74, 6) is 0.273. The zero-order valence-corrected chi connectivity index (χ0v) is 18.0. The van der Waals surface area contributed by atoms with E-state index in [0.29, 0.717) is 46.4 Å². The normalized spacial score (nSPS) is 19.4. The zero-order chi connectivity index (χ0) is 21.6. The van der Waals surface area contributed by atoms with E-state index in [9.17, 15) is 18.8 Å². The summed E-state index contributed by atoms with van der Waals surface area (Å²) in [5.41, 5.74) is 0.0319. The van der Waals surface area contributed by atoms with E-state index in [2.05, 4.69) is 13.8 Å². The van der Waals surface area contributed by atoms with Gasteiger partial charge < -0.3 is 4.90 Å². The van der Waals surface area contributed by atoms with Crippen molar-refractivity contribution >= 4 is 27.5 Å². The first-order valence-electron chi connectivity index (χ1n) is 10.0. The van der Waals surface area contributed by atoms with E-state index in [1.54, 1.807) is 23.3 Å². The van der Waals surface area contributed by atoms with Gasteiger partial charge in [0.05, 0.1) is 11.2 Å². The van der Waals surface area contributed by atoms with Crippen LogP contribution in [0, 0.1) is 24.6 Å². The Bertz CT molecular complexity index is 1230. The molecule has 6 nitrogen and oxygen atoms in total. The number of rotatable bonds is 3. The van der Waals surface area contributed by atoms with Gasteiger partial charge in [-0.15, -0.1) is 11.3 Å². The minimum atomic E-state index is -0.594. The van der Waals surface area contributed by atoms with Crippen LogP contribution in [0.5, 0.6) is 0 Å². The van der Waals surface area contributed by atoms with Gasteiger partial charge in [0.15, 0.2) is 0 Å². The first kappa shape index (κ1) is 20.5. The molecule has 2 atom stereocenters. The molecule has 0 aliphatic carbocycles. The number of amides is 1. The number of likely N-dealkylation sites (tertiary alicyclic amines) is 1. The number of hydrogen-bond donors (Lipinski definition) is 0. The average Bonchev–Trinajstić information content (AvgIpc) is 3.17. The lowest BCUT2D eigenvalue weighted by Crippen LogP contribution is -2.46. The lowest BCUT2D eigenvalue weighted by Gasteiger charge is -2.35. The fourth-order valence-electron chi connectivity index (χ4n) is 4.34. The van der Waals surface area contributed by atoms with Gasteiger partial charge in [0.2, 0.25) is 5.91 Å². The van der Waals surface area contributed by atoms with E-state index >= 15 is 0 Å². The lowest BCUT2D eigenvalue weighted by atomic mass is 9.92. The fourth-order valence-corrected chi connectivity index (χ4v) is 5.16. The van der Waals surface area contributed by atoms with Crippen LogP contribution in [0.4, 0.5) is 4.39 Å². The van der Waals surface area contributed by atoms with Gasteiger partial charge >= 0.3 is 5.69 Å². The molecule has 4 rings (SSSR count). The summed E-state index contributed by atoms with van der Waals surface area (Å²) in [6.45, 7) is 7.02. The fraction of sp³-hybridized carbons (Fsp3) is 0.409. The van der Waals surface area contributed by atoms with Crippen molar-refractivity contribution < 1.29 is 9.18 Å². The van der Waals surface area contributed by atoms with Gasteiger partial charge in [-0.25, -0.2) is 13.8 Å². The summed E-state index contributed by atoms with van der Waals surface area (Å²) >= 11 is 1.22. The molecule has 0 saturated carbocycles. The topological polar surface area (TPSA) is 64.3 Å². The zero-order valence-electron chi connectivity index (χ0n) is 17.2. The van der Waals surface area contributed by atoms with E-state index in [1.807, 2.05) is 0 Å². The molecule has 0 radical (unpaired) electrons. The molecule has 1 aromatic carbocycles. The van der Waals surface area contributed by atoms with Crippen molar-refractivity contribution in [2.45, 2.75) is 33.7 Å². The number of carbonyl (C=O) groups excluding carboxylic acids is 1. The van der Waals surface area contributed by atoms with Gasteiger partial charge in [-0.05, 0) is 60.4 Å². The Kier molecular flexibility index (Phi) is 5.36. The second kappa shape index (κ2) is 7.83. The van der Waals surface area contributed by atoms with Crippen LogP contribution in [0.3, 0.4) is 0 Å². The highest BCUT2D eigenvalue weighted by molar-refractivity contribution is 7.17. The van der Waals surface area contributed by atoms with Crippen LogP contribution in [-0.4, -0.2) is 33.0 Å². The number of fused-ring (bicyclic) bond motifs is 1. The number of carbonyl (C=O) groups is 1. The van der Waals surface area contributed by atoms with Crippen molar-refractivity contribution in [3.63, 3.8) is 0 Å². The highest BCUT2D eigenvalue weighted by Gasteiger charge is 2.27. The van der Waals surface area contributed by atoms with Crippen LogP contribution in [-0.2, 0) is 11.3 Å². The summed E-state index contributed by atoms with van der Waals surface area (Å²) < 4.78 is 16.5. The van der Waals surface area contributed by atoms with Crippen molar-refractivity contribution in [3.8, 4) is 5.69 Å². The Hall–Kier alpha value is -2.74. The molecule has 0 spiro atoms. The van der Waals surface area contributed by atoms with Crippen LogP contribution in [0.15, 0.2) is 39.2 Å².